The number of alkyl halides is 3. The van der Waals surface area contributed by atoms with Gasteiger partial charge in [0.05, 0.1) is 37.6 Å². The minimum atomic E-state index is -3.90. The number of aromatic hydroxyl groups is 1. The number of phenolic OH excluding ortho intramolecular Hbond substituents is 1. The van der Waals surface area contributed by atoms with Crippen molar-refractivity contribution in [2.24, 2.45) is 0 Å². The summed E-state index contributed by atoms with van der Waals surface area (Å²) in [6.07, 6.45) is 0. The van der Waals surface area contributed by atoms with Crippen LogP contribution in [0.4, 0.5) is 18.9 Å². The Morgan fingerprint density at radius 1 is 1.30 bits per heavy atom. The number of aromatic nitrogens is 2. The number of phenols is 1. The molecule has 27 heavy (non-hydrogen) atoms. The van der Waals surface area contributed by atoms with Gasteiger partial charge in [-0.25, -0.2) is 9.07 Å². The Balaban J connectivity index is 2.12. The number of hydrogen-bond donors (Lipinski definition) is 2. The number of carbonyl (C=O) groups excluding carboxylic acids is 1. The molecule has 0 unspecified atom stereocenters. The van der Waals surface area contributed by atoms with E-state index in [9.17, 15) is 27.9 Å². The van der Waals surface area contributed by atoms with Gasteiger partial charge in [0.2, 0.25) is 0 Å². The van der Waals surface area contributed by atoms with Gasteiger partial charge in [0.1, 0.15) is 16.7 Å². The average Bonchev–Trinajstić information content (AvgIpc) is 2.75. The predicted octanol–water partition coefficient (Wildman–Crippen LogP) is 2.77. The maximum atomic E-state index is 14.4. The number of anilines is 1. The summed E-state index contributed by atoms with van der Waals surface area (Å²) in [5, 5.41) is 11.5. The van der Waals surface area contributed by atoms with Crippen molar-refractivity contribution in [3.8, 4) is 16.9 Å². The smallest absolute Gasteiger partial charge is 0.378 e. The van der Waals surface area contributed by atoms with Crippen molar-refractivity contribution in [2.75, 3.05) is 18.5 Å². The highest BCUT2D eigenvalue weighted by molar-refractivity contribution is 9.10. The van der Waals surface area contributed by atoms with Crippen LogP contribution in [0.15, 0.2) is 16.9 Å². The molecule has 1 aliphatic rings. The van der Waals surface area contributed by atoms with E-state index in [0.717, 1.165) is 6.07 Å². The summed E-state index contributed by atoms with van der Waals surface area (Å²) in [5.41, 5.74) is -1.67. The number of nitrogens with zero attached hydrogens (tertiary/aromatic N) is 2. The third-order valence-electron chi connectivity index (χ3n) is 3.93. The first kappa shape index (κ1) is 19.8. The molecule has 0 fully saturated rings. The molecule has 0 saturated heterocycles. The molecule has 12 heteroatoms. The quantitative estimate of drug-likeness (QED) is 0.534. The number of ether oxygens (including phenoxy) is 1. The summed E-state index contributed by atoms with van der Waals surface area (Å²) in [4.78, 5) is 20.2. The highest BCUT2D eigenvalue weighted by Gasteiger charge is 2.35. The Morgan fingerprint density at radius 2 is 1.93 bits per heavy atom. The van der Waals surface area contributed by atoms with Crippen molar-refractivity contribution >= 4 is 39.1 Å². The molecule has 0 saturated carbocycles. The van der Waals surface area contributed by atoms with E-state index < -0.39 is 33.6 Å². The lowest BCUT2D eigenvalue weighted by Crippen LogP contribution is -2.28. The summed E-state index contributed by atoms with van der Waals surface area (Å²) in [6.45, 7) is 1.01. The first-order valence-corrected chi connectivity index (χ1v) is 8.76. The van der Waals surface area contributed by atoms with Gasteiger partial charge in [-0.15, -0.1) is 0 Å². The molecular formula is C15H12BrClF3N3O4. The largest absolute Gasteiger partial charge is 0.506 e. The van der Waals surface area contributed by atoms with Crippen LogP contribution in [0.3, 0.4) is 0 Å². The number of halogens is 5. The highest BCUT2D eigenvalue weighted by atomic mass is 79.9. The summed E-state index contributed by atoms with van der Waals surface area (Å²) in [6, 6.07) is 1.48. The molecule has 2 N–H and O–H groups in total. The van der Waals surface area contributed by atoms with Crippen molar-refractivity contribution in [3.63, 3.8) is 0 Å². The molecule has 1 aromatic heterocycles. The van der Waals surface area contributed by atoms with E-state index in [4.69, 9.17) is 16.3 Å². The van der Waals surface area contributed by atoms with E-state index in [1.807, 2.05) is 15.9 Å². The normalized spacial score (nSPS) is 14.6. The van der Waals surface area contributed by atoms with E-state index in [0.29, 0.717) is 12.7 Å². The Bertz CT molecular complexity index is 971. The second-order valence-electron chi connectivity index (χ2n) is 5.63. The third-order valence-corrected chi connectivity index (χ3v) is 4.67. The number of benzene rings is 1. The van der Waals surface area contributed by atoms with Crippen molar-refractivity contribution in [2.45, 2.75) is 17.9 Å². The summed E-state index contributed by atoms with van der Waals surface area (Å²) < 4.78 is 48.4. The molecule has 7 nitrogen and oxygen atoms in total. The van der Waals surface area contributed by atoms with Gasteiger partial charge in [0, 0.05) is 27.6 Å². The van der Waals surface area contributed by atoms with Gasteiger partial charge in [-0.3, -0.25) is 14.3 Å². The van der Waals surface area contributed by atoms with Crippen LogP contribution < -0.4 is 10.9 Å². The first-order valence-electron chi connectivity index (χ1n) is 7.59. The Labute approximate surface area is 163 Å². The molecule has 0 bridgehead atoms. The zero-order chi connectivity index (χ0) is 19.9. The Hall–Kier alpha value is -1.98. The summed E-state index contributed by atoms with van der Waals surface area (Å²) in [7, 11) is 0. The van der Waals surface area contributed by atoms with Crippen LogP contribution in [-0.4, -0.2) is 38.4 Å². The van der Waals surface area contributed by atoms with Crippen molar-refractivity contribution in [1.82, 2.24) is 9.36 Å². The van der Waals surface area contributed by atoms with Gasteiger partial charge >= 0.3 is 10.7 Å². The molecule has 0 radical (unpaired) electrons. The second-order valence-corrected chi connectivity index (χ2v) is 6.98. The van der Waals surface area contributed by atoms with Crippen LogP contribution in [0.25, 0.3) is 11.1 Å². The molecule has 3 rings (SSSR count). The Morgan fingerprint density at radius 3 is 2.56 bits per heavy atom. The number of hydrogen-bond acceptors (Lipinski definition) is 4. The van der Waals surface area contributed by atoms with Gasteiger partial charge in [-0.1, -0.05) is 11.6 Å². The fourth-order valence-corrected chi connectivity index (χ4v) is 3.14. The fraction of sp³-hybridized carbons (Fsp3) is 0.333. The van der Waals surface area contributed by atoms with Crippen molar-refractivity contribution < 1.29 is 27.8 Å². The number of rotatable bonds is 3. The van der Waals surface area contributed by atoms with E-state index in [1.165, 1.54) is 9.36 Å². The van der Waals surface area contributed by atoms with Crippen LogP contribution in [-0.2, 0) is 22.6 Å². The monoisotopic (exact) mass is 469 g/mol. The fourth-order valence-electron chi connectivity index (χ4n) is 2.68. The van der Waals surface area contributed by atoms with Crippen LogP contribution in [0.2, 0.25) is 5.15 Å². The highest BCUT2D eigenvalue weighted by Crippen LogP contribution is 2.36. The van der Waals surface area contributed by atoms with E-state index in [-0.39, 0.29) is 36.0 Å². The molecule has 1 amide bonds. The van der Waals surface area contributed by atoms with Crippen LogP contribution in [0.5, 0.6) is 5.75 Å². The van der Waals surface area contributed by atoms with E-state index in [2.05, 4.69) is 0 Å². The third kappa shape index (κ3) is 3.71. The van der Waals surface area contributed by atoms with Gasteiger partial charge in [0.25, 0.3) is 5.56 Å². The van der Waals surface area contributed by atoms with Crippen LogP contribution >= 0.6 is 27.5 Å². The lowest BCUT2D eigenvalue weighted by Gasteiger charge is -2.12. The molecule has 0 atom stereocenters. The first-order chi connectivity index (χ1) is 12.6. The molecular weight excluding hydrogens is 459 g/mol. The maximum Gasteiger partial charge on any atom is 0.378 e. The molecule has 0 aliphatic carbocycles. The summed E-state index contributed by atoms with van der Waals surface area (Å²) in [5.74, 6) is -3.57. The van der Waals surface area contributed by atoms with Gasteiger partial charge < -0.3 is 15.2 Å². The van der Waals surface area contributed by atoms with Crippen molar-refractivity contribution in [3.05, 3.63) is 33.5 Å². The molecule has 2 aromatic rings. The molecule has 1 aromatic carbocycles. The van der Waals surface area contributed by atoms with E-state index in [1.54, 1.807) is 5.32 Å². The van der Waals surface area contributed by atoms with Gasteiger partial charge in [-0.2, -0.15) is 8.78 Å². The molecule has 2 heterocycles. The van der Waals surface area contributed by atoms with Crippen LogP contribution in [0, 0.1) is 5.82 Å². The standard InChI is InChI=1S/C15H12BrClF3N3O4/c16-15(19,20)14(26)21-9-5-7(8(18)6-10(9)24)11-12(17)22-1-3-27-4-2-23(22)13(11)25/h5-6,24H,1-4H2,(H,21,26). The molecule has 0 spiro atoms. The molecule has 146 valence electrons. The number of carbonyl (C=O) groups is 1. The zero-order valence-corrected chi connectivity index (χ0v) is 15.8. The maximum absolute atomic E-state index is 14.4. The van der Waals surface area contributed by atoms with Gasteiger partial charge in [-0.05, 0) is 6.07 Å². The zero-order valence-electron chi connectivity index (χ0n) is 13.4. The van der Waals surface area contributed by atoms with Crippen LogP contribution in [0.1, 0.15) is 0 Å². The van der Waals surface area contributed by atoms with E-state index >= 15 is 0 Å². The predicted molar refractivity (Wildman–Crippen MR) is 94.1 cm³/mol. The lowest BCUT2D eigenvalue weighted by molar-refractivity contribution is -0.128. The average molecular weight is 471 g/mol. The van der Waals surface area contributed by atoms with Gasteiger partial charge in [0.15, 0.2) is 0 Å². The molecule has 1 aliphatic heterocycles. The van der Waals surface area contributed by atoms with Crippen molar-refractivity contribution in [1.29, 1.82) is 0 Å². The topological polar surface area (TPSA) is 85.5 Å². The minimum absolute atomic E-state index is 0.0711. The summed E-state index contributed by atoms with van der Waals surface area (Å²) >= 11 is 8.12. The number of fused-ring (bicyclic) bond motifs is 1. The Kier molecular flexibility index (Phi) is 5.28. The second kappa shape index (κ2) is 7.21. The number of amides is 1. The minimum Gasteiger partial charge on any atom is -0.506 e. The number of nitrogens with one attached hydrogen (secondary N) is 1. The SMILES string of the molecule is O=C(Nc1cc(-c2c(Cl)n3n(c2=O)CCOCC3)c(F)cc1O)C(F)(F)Br. The lowest BCUT2D eigenvalue weighted by atomic mass is 10.1.